The van der Waals surface area contributed by atoms with Crippen LogP contribution in [-0.4, -0.2) is 6.54 Å². The van der Waals surface area contributed by atoms with Gasteiger partial charge in [0.1, 0.15) is 5.82 Å². The fourth-order valence-corrected chi connectivity index (χ4v) is 2.90. The van der Waals surface area contributed by atoms with Gasteiger partial charge in [-0.3, -0.25) is 0 Å². The zero-order valence-electron chi connectivity index (χ0n) is 10.6. The summed E-state index contributed by atoms with van der Waals surface area (Å²) in [7, 11) is 0. The molecule has 2 aromatic rings. The summed E-state index contributed by atoms with van der Waals surface area (Å²) in [6.45, 7) is 3.60. The fourth-order valence-electron chi connectivity index (χ4n) is 1.69. The van der Waals surface area contributed by atoms with Crippen LogP contribution in [0.1, 0.15) is 12.5 Å². The van der Waals surface area contributed by atoms with E-state index in [-0.39, 0.29) is 5.82 Å². The van der Waals surface area contributed by atoms with E-state index in [9.17, 15) is 4.39 Å². The third-order valence-corrected chi connectivity index (χ3v) is 4.35. The highest BCUT2D eigenvalue weighted by atomic mass is 79.9. The van der Waals surface area contributed by atoms with E-state index in [1.807, 2.05) is 37.3 Å². The molecule has 0 aliphatic rings. The van der Waals surface area contributed by atoms with E-state index in [2.05, 4.69) is 21.2 Å². The fraction of sp³-hybridized carbons (Fsp3) is 0.200. The second kappa shape index (κ2) is 7.08. The van der Waals surface area contributed by atoms with Gasteiger partial charge >= 0.3 is 0 Å². The molecule has 1 nitrogen and oxygen atoms in total. The van der Waals surface area contributed by atoms with Crippen LogP contribution >= 0.6 is 27.7 Å². The summed E-state index contributed by atoms with van der Waals surface area (Å²) >= 11 is 4.86. The molecule has 0 saturated heterocycles. The maximum Gasteiger partial charge on any atom is 0.137 e. The summed E-state index contributed by atoms with van der Waals surface area (Å²) in [6.07, 6.45) is 0. The number of rotatable bonds is 5. The van der Waals surface area contributed by atoms with Gasteiger partial charge in [-0.25, -0.2) is 4.39 Å². The molecule has 4 heteroatoms. The molecular formula is C15H15BrFNS. The minimum atomic E-state index is -0.164. The van der Waals surface area contributed by atoms with Crippen molar-refractivity contribution < 1.29 is 4.39 Å². The average Bonchev–Trinajstić information content (AvgIpc) is 2.42. The molecule has 2 aromatic carbocycles. The first-order valence-electron chi connectivity index (χ1n) is 6.12. The monoisotopic (exact) mass is 339 g/mol. The molecule has 0 aromatic heterocycles. The van der Waals surface area contributed by atoms with E-state index in [0.717, 1.165) is 21.5 Å². The Morgan fingerprint density at radius 2 is 1.89 bits per heavy atom. The van der Waals surface area contributed by atoms with Crippen molar-refractivity contribution >= 4 is 27.7 Å². The lowest BCUT2D eigenvalue weighted by atomic mass is 10.2. The van der Waals surface area contributed by atoms with Crippen molar-refractivity contribution in [1.29, 1.82) is 0 Å². The molecule has 0 bridgehead atoms. The maximum atomic E-state index is 14.0. The number of benzene rings is 2. The van der Waals surface area contributed by atoms with Crippen LogP contribution < -0.4 is 5.32 Å². The first kappa shape index (κ1) is 14.6. The number of halogens is 2. The van der Waals surface area contributed by atoms with Gasteiger partial charge in [-0.15, -0.1) is 0 Å². The third-order valence-electron chi connectivity index (χ3n) is 2.65. The van der Waals surface area contributed by atoms with Gasteiger partial charge in [0.05, 0.1) is 4.90 Å². The first-order valence-corrected chi connectivity index (χ1v) is 7.73. The zero-order valence-corrected chi connectivity index (χ0v) is 13.0. The highest BCUT2D eigenvalue weighted by Gasteiger charge is 2.09. The molecule has 100 valence electrons. The molecule has 0 unspecified atom stereocenters. The van der Waals surface area contributed by atoms with E-state index in [4.69, 9.17) is 0 Å². The topological polar surface area (TPSA) is 12.0 Å². The summed E-state index contributed by atoms with van der Waals surface area (Å²) in [5.74, 6) is -0.164. The van der Waals surface area contributed by atoms with E-state index in [1.54, 1.807) is 6.07 Å². The largest absolute Gasteiger partial charge is 0.313 e. The van der Waals surface area contributed by atoms with Gasteiger partial charge < -0.3 is 5.32 Å². The summed E-state index contributed by atoms with van der Waals surface area (Å²) in [4.78, 5) is 1.73. The van der Waals surface area contributed by atoms with Gasteiger partial charge in [0.2, 0.25) is 0 Å². The Balaban J connectivity index is 2.25. The average molecular weight is 340 g/mol. The predicted molar refractivity (Wildman–Crippen MR) is 82.0 cm³/mol. The van der Waals surface area contributed by atoms with Gasteiger partial charge in [0.25, 0.3) is 0 Å². The summed E-state index contributed by atoms with van der Waals surface area (Å²) in [5, 5.41) is 3.24. The van der Waals surface area contributed by atoms with Gasteiger partial charge in [-0.05, 0) is 42.4 Å². The van der Waals surface area contributed by atoms with Crippen LogP contribution in [0.15, 0.2) is 56.7 Å². The second-order valence-corrected chi connectivity index (χ2v) is 6.06. The van der Waals surface area contributed by atoms with Crippen LogP contribution in [0, 0.1) is 5.82 Å². The van der Waals surface area contributed by atoms with E-state index < -0.39 is 0 Å². The lowest BCUT2D eigenvalue weighted by Crippen LogP contribution is -2.12. The van der Waals surface area contributed by atoms with Crippen LogP contribution in [0.25, 0.3) is 0 Å². The molecule has 0 aliphatic heterocycles. The Bertz CT molecular complexity index is 542. The molecule has 0 fully saturated rings. The van der Waals surface area contributed by atoms with E-state index in [0.29, 0.717) is 11.4 Å². The zero-order chi connectivity index (χ0) is 13.7. The number of nitrogens with one attached hydrogen (secondary N) is 1. The standard InChI is InChI=1S/C15H15BrFNS/c1-2-18-10-11-4-3-5-14(17)15(11)19-13-8-6-12(16)7-9-13/h3-9,18H,2,10H2,1H3. The van der Waals surface area contributed by atoms with Crippen molar-refractivity contribution in [2.75, 3.05) is 6.54 Å². The lowest BCUT2D eigenvalue weighted by molar-refractivity contribution is 0.591. The van der Waals surface area contributed by atoms with Gasteiger partial charge in [-0.1, -0.05) is 46.7 Å². The van der Waals surface area contributed by atoms with Crippen molar-refractivity contribution in [2.45, 2.75) is 23.3 Å². The minimum absolute atomic E-state index is 0.164. The Kier molecular flexibility index (Phi) is 5.43. The molecule has 2 rings (SSSR count). The van der Waals surface area contributed by atoms with Gasteiger partial charge in [0.15, 0.2) is 0 Å². The molecule has 0 spiro atoms. The second-order valence-electron chi connectivity index (χ2n) is 4.06. The van der Waals surface area contributed by atoms with Crippen LogP contribution in [0.2, 0.25) is 0 Å². The van der Waals surface area contributed by atoms with Crippen molar-refractivity contribution in [3.63, 3.8) is 0 Å². The van der Waals surface area contributed by atoms with Gasteiger partial charge in [0, 0.05) is 15.9 Å². The third kappa shape index (κ3) is 4.06. The molecule has 1 N–H and O–H groups in total. The highest BCUT2D eigenvalue weighted by molar-refractivity contribution is 9.10. The number of hydrogen-bond acceptors (Lipinski definition) is 2. The van der Waals surface area contributed by atoms with Crippen LogP contribution in [0.3, 0.4) is 0 Å². The SMILES string of the molecule is CCNCc1cccc(F)c1Sc1ccc(Br)cc1. The van der Waals surface area contributed by atoms with Crippen LogP contribution in [0.5, 0.6) is 0 Å². The molecule has 0 heterocycles. The smallest absolute Gasteiger partial charge is 0.137 e. The first-order chi connectivity index (χ1) is 9.20. The van der Waals surface area contributed by atoms with Crippen molar-refractivity contribution in [3.8, 4) is 0 Å². The van der Waals surface area contributed by atoms with E-state index >= 15 is 0 Å². The summed E-state index contributed by atoms with van der Waals surface area (Å²) in [5.41, 5.74) is 0.995. The van der Waals surface area contributed by atoms with Crippen molar-refractivity contribution in [2.24, 2.45) is 0 Å². The van der Waals surface area contributed by atoms with Crippen molar-refractivity contribution in [3.05, 3.63) is 58.3 Å². The summed E-state index contributed by atoms with van der Waals surface area (Å²) in [6, 6.07) is 13.1. The molecule has 0 atom stereocenters. The molecule has 19 heavy (non-hydrogen) atoms. The van der Waals surface area contributed by atoms with Gasteiger partial charge in [-0.2, -0.15) is 0 Å². The minimum Gasteiger partial charge on any atom is -0.313 e. The molecular weight excluding hydrogens is 325 g/mol. The molecule has 0 saturated carbocycles. The van der Waals surface area contributed by atoms with E-state index in [1.165, 1.54) is 17.8 Å². The normalized spacial score (nSPS) is 10.7. The quantitative estimate of drug-likeness (QED) is 0.835. The Labute approximate surface area is 125 Å². The Morgan fingerprint density at radius 3 is 2.58 bits per heavy atom. The Hall–Kier alpha value is -0.840. The predicted octanol–water partition coefficient (Wildman–Crippen LogP) is 4.85. The highest BCUT2D eigenvalue weighted by Crippen LogP contribution is 2.33. The van der Waals surface area contributed by atoms with Crippen LogP contribution in [-0.2, 0) is 6.54 Å². The maximum absolute atomic E-state index is 14.0. The molecule has 0 radical (unpaired) electrons. The van der Waals surface area contributed by atoms with Crippen LogP contribution in [0.4, 0.5) is 4.39 Å². The molecule has 0 aliphatic carbocycles. The lowest BCUT2D eigenvalue weighted by Gasteiger charge is -2.10. The number of hydrogen-bond donors (Lipinski definition) is 1. The summed E-state index contributed by atoms with van der Waals surface area (Å²) < 4.78 is 15.0. The van der Waals surface area contributed by atoms with Crippen molar-refractivity contribution in [1.82, 2.24) is 5.32 Å². The Morgan fingerprint density at radius 1 is 1.16 bits per heavy atom. The molecule has 0 amide bonds.